The topological polar surface area (TPSA) is 210 Å². The van der Waals surface area contributed by atoms with Crippen molar-refractivity contribution in [1.82, 2.24) is 16.0 Å². The maximum absolute atomic E-state index is 12.2. The first-order valence-corrected chi connectivity index (χ1v) is 11.4. The minimum absolute atomic E-state index is 0.0154. The third-order valence-corrected chi connectivity index (χ3v) is 4.64. The molecule has 0 aliphatic rings. The van der Waals surface area contributed by atoms with E-state index in [4.69, 9.17) is 32.4 Å². The fourth-order valence-electron chi connectivity index (χ4n) is 2.91. The van der Waals surface area contributed by atoms with Gasteiger partial charge in [0.1, 0.15) is 13.2 Å². The van der Waals surface area contributed by atoms with Gasteiger partial charge in [-0.3, -0.25) is 4.79 Å². The monoisotopic (exact) mass is 461 g/mol. The summed E-state index contributed by atoms with van der Waals surface area (Å²) in [7, 11) is 0. The molecule has 32 heavy (non-hydrogen) atoms. The van der Waals surface area contributed by atoms with Gasteiger partial charge in [0, 0.05) is 0 Å². The molecule has 12 nitrogen and oxygen atoms in total. The molecular weight excluding hydrogens is 418 g/mol. The Morgan fingerprint density at radius 3 is 1.81 bits per heavy atom. The van der Waals surface area contributed by atoms with E-state index in [1.165, 1.54) is 0 Å². The molecule has 12 heteroatoms. The summed E-state index contributed by atoms with van der Waals surface area (Å²) in [5, 5.41) is 8.62. The van der Waals surface area contributed by atoms with Crippen LogP contribution >= 0.6 is 0 Å². The Bertz CT molecular complexity index is 511. The zero-order valence-corrected chi connectivity index (χ0v) is 19.1. The Hall–Kier alpha value is -2.15. The van der Waals surface area contributed by atoms with Gasteiger partial charge in [0.05, 0.1) is 18.6 Å². The van der Waals surface area contributed by atoms with E-state index in [1.54, 1.807) is 0 Å². The molecule has 0 radical (unpaired) electrons. The fraction of sp³-hybridized carbons (Fsp3) is 0.850. The number of hydrogen-bond acceptors (Lipinski definition) is 9. The number of nitrogens with one attached hydrogen (secondary N) is 3. The van der Waals surface area contributed by atoms with Crippen LogP contribution in [0.25, 0.3) is 0 Å². The van der Waals surface area contributed by atoms with Gasteiger partial charge in [-0.1, -0.05) is 12.8 Å². The molecule has 188 valence electrons. The van der Waals surface area contributed by atoms with Crippen molar-refractivity contribution in [2.75, 3.05) is 45.9 Å². The van der Waals surface area contributed by atoms with Crippen LogP contribution in [-0.2, 0) is 14.3 Å². The molecule has 0 bridgehead atoms. The Balaban J connectivity index is 4.53. The maximum Gasteiger partial charge on any atom is 0.407 e. The number of ether oxygens (including phenoxy) is 2. The lowest BCUT2D eigenvalue weighted by molar-refractivity contribution is -0.121. The second kappa shape index (κ2) is 20.7. The van der Waals surface area contributed by atoms with Gasteiger partial charge in [-0.05, 0) is 64.7 Å². The lowest BCUT2D eigenvalue weighted by atomic mass is 10.1. The molecule has 0 fully saturated rings. The van der Waals surface area contributed by atoms with Crippen LogP contribution in [0.3, 0.4) is 0 Å². The number of carbonyl (C=O) groups excluding carboxylic acids is 3. The highest BCUT2D eigenvalue weighted by Crippen LogP contribution is 2.04. The van der Waals surface area contributed by atoms with Crippen LogP contribution in [0.15, 0.2) is 0 Å². The molecule has 0 aliphatic carbocycles. The number of carbonyl (C=O) groups is 3. The third-order valence-electron chi connectivity index (χ3n) is 4.64. The number of alkyl carbamates (subject to hydrolysis) is 1. The van der Waals surface area contributed by atoms with Crippen LogP contribution < -0.4 is 38.9 Å². The van der Waals surface area contributed by atoms with Gasteiger partial charge in [0.25, 0.3) is 0 Å². The van der Waals surface area contributed by atoms with Crippen molar-refractivity contribution in [1.29, 1.82) is 0 Å². The normalized spacial score (nSPS) is 12.6. The van der Waals surface area contributed by atoms with Crippen molar-refractivity contribution in [3.63, 3.8) is 0 Å². The molecule has 2 atom stereocenters. The number of rotatable bonds is 20. The zero-order chi connectivity index (χ0) is 24.0. The summed E-state index contributed by atoms with van der Waals surface area (Å²) in [6, 6.07) is -0.771. The highest BCUT2D eigenvalue weighted by molar-refractivity contribution is 5.78. The lowest BCUT2D eigenvalue weighted by Gasteiger charge is -2.21. The molecule has 3 amide bonds. The minimum atomic E-state index is -0.914. The van der Waals surface area contributed by atoms with Crippen LogP contribution in [0.2, 0.25) is 0 Å². The van der Waals surface area contributed by atoms with Crippen LogP contribution in [0.4, 0.5) is 9.59 Å². The maximum atomic E-state index is 12.2. The number of nitrogens with two attached hydrogens (primary N) is 4. The Kier molecular flexibility index (Phi) is 19.3. The largest absolute Gasteiger partial charge is 0.448 e. The Morgan fingerprint density at radius 2 is 1.25 bits per heavy atom. The van der Waals surface area contributed by atoms with E-state index in [0.717, 1.165) is 38.5 Å². The SMILES string of the molecule is NCCCCNCC(=O)N[C@H](CCCCN)COC(=O)N[C@H](CCCCN)COC(N)=O. The molecule has 11 N–H and O–H groups in total. The number of primary amides is 1. The van der Waals surface area contributed by atoms with Gasteiger partial charge in [-0.2, -0.15) is 0 Å². The van der Waals surface area contributed by atoms with Gasteiger partial charge in [-0.15, -0.1) is 0 Å². The summed E-state index contributed by atoms with van der Waals surface area (Å²) in [5.41, 5.74) is 21.5. The molecule has 0 heterocycles. The number of unbranched alkanes of at least 4 members (excludes halogenated alkanes) is 3. The number of hydrogen-bond donors (Lipinski definition) is 7. The van der Waals surface area contributed by atoms with Crippen molar-refractivity contribution in [3.8, 4) is 0 Å². The van der Waals surface area contributed by atoms with Crippen molar-refractivity contribution in [2.45, 2.75) is 63.5 Å². The lowest BCUT2D eigenvalue weighted by Crippen LogP contribution is -2.45. The van der Waals surface area contributed by atoms with Gasteiger partial charge in [0.2, 0.25) is 5.91 Å². The van der Waals surface area contributed by atoms with Crippen LogP contribution in [0.1, 0.15) is 51.4 Å². The van der Waals surface area contributed by atoms with E-state index in [2.05, 4.69) is 16.0 Å². The van der Waals surface area contributed by atoms with E-state index < -0.39 is 18.2 Å². The summed E-state index contributed by atoms with van der Waals surface area (Å²) in [6.07, 6.45) is 4.56. The molecule has 0 aromatic heterocycles. The van der Waals surface area contributed by atoms with E-state index in [1.807, 2.05) is 0 Å². The summed E-state index contributed by atoms with van der Waals surface area (Å²) in [5.74, 6) is -0.172. The van der Waals surface area contributed by atoms with Crippen molar-refractivity contribution < 1.29 is 23.9 Å². The first-order valence-electron chi connectivity index (χ1n) is 11.4. The van der Waals surface area contributed by atoms with Gasteiger partial charge >= 0.3 is 12.2 Å². The molecule has 0 aromatic carbocycles. The fourth-order valence-corrected chi connectivity index (χ4v) is 2.91. The third kappa shape index (κ3) is 18.6. The van der Waals surface area contributed by atoms with E-state index in [9.17, 15) is 14.4 Å². The standard InChI is InChI=1S/C20H43N7O5/c21-9-3-1-7-16(26-18(28)13-25-12-6-5-11-23)15-32-20(30)27-17(8-2-4-10-22)14-31-19(24)29/h16-17,25H,1-15,21-23H2,(H2,24,29)(H,26,28)(H,27,30)/t16-,17-/m1/s1. The minimum Gasteiger partial charge on any atom is -0.448 e. The van der Waals surface area contributed by atoms with E-state index in [-0.39, 0.29) is 31.7 Å². The van der Waals surface area contributed by atoms with Gasteiger partial charge in [0.15, 0.2) is 0 Å². The predicted molar refractivity (Wildman–Crippen MR) is 123 cm³/mol. The van der Waals surface area contributed by atoms with Crippen LogP contribution in [0, 0.1) is 0 Å². The van der Waals surface area contributed by atoms with Crippen molar-refractivity contribution in [3.05, 3.63) is 0 Å². The highest BCUT2D eigenvalue weighted by Gasteiger charge is 2.18. The first-order chi connectivity index (χ1) is 15.4. The molecular formula is C20H43N7O5. The van der Waals surface area contributed by atoms with Gasteiger partial charge < -0.3 is 48.4 Å². The summed E-state index contributed by atoms with van der Waals surface area (Å²) >= 11 is 0. The Morgan fingerprint density at radius 1 is 0.719 bits per heavy atom. The molecule has 0 saturated heterocycles. The Labute approximate surface area is 190 Å². The average molecular weight is 462 g/mol. The van der Waals surface area contributed by atoms with Crippen LogP contribution in [0.5, 0.6) is 0 Å². The zero-order valence-electron chi connectivity index (χ0n) is 19.1. The summed E-state index contributed by atoms with van der Waals surface area (Å²) in [4.78, 5) is 35.3. The molecule has 0 aliphatic heterocycles. The second-order valence-corrected chi connectivity index (χ2v) is 7.58. The average Bonchev–Trinajstić information content (AvgIpc) is 2.75. The van der Waals surface area contributed by atoms with Crippen LogP contribution in [-0.4, -0.2) is 76.1 Å². The highest BCUT2D eigenvalue weighted by atomic mass is 16.6. The van der Waals surface area contributed by atoms with Gasteiger partial charge in [-0.25, -0.2) is 9.59 Å². The molecule has 0 rings (SSSR count). The molecule has 0 unspecified atom stereocenters. The molecule has 0 spiro atoms. The quantitative estimate of drug-likeness (QED) is 0.113. The predicted octanol–water partition coefficient (Wildman–Crippen LogP) is -0.752. The van der Waals surface area contributed by atoms with Crippen molar-refractivity contribution >= 4 is 18.1 Å². The molecule has 0 saturated carbocycles. The second-order valence-electron chi connectivity index (χ2n) is 7.58. The smallest absolute Gasteiger partial charge is 0.407 e. The van der Waals surface area contributed by atoms with E-state index in [0.29, 0.717) is 39.0 Å². The first kappa shape index (κ1) is 29.9. The number of amides is 3. The molecule has 0 aromatic rings. The summed E-state index contributed by atoms with van der Waals surface area (Å²) < 4.78 is 10.1. The van der Waals surface area contributed by atoms with Crippen molar-refractivity contribution in [2.24, 2.45) is 22.9 Å². The van der Waals surface area contributed by atoms with E-state index >= 15 is 0 Å². The summed E-state index contributed by atoms with van der Waals surface area (Å²) in [6.45, 7) is 2.55.